The van der Waals surface area contributed by atoms with Crippen LogP contribution < -0.4 is 25.2 Å². The zero-order valence-electron chi connectivity index (χ0n) is 39.9. The van der Waals surface area contributed by atoms with Gasteiger partial charge in [-0.1, -0.05) is 45.0 Å². The molecule has 16 nitrogen and oxygen atoms in total. The van der Waals surface area contributed by atoms with Crippen LogP contribution in [0, 0.1) is 29.5 Å². The van der Waals surface area contributed by atoms with E-state index in [1.54, 1.807) is 37.6 Å². The monoisotopic (exact) mass is 1030 g/mol. The van der Waals surface area contributed by atoms with Crippen molar-refractivity contribution in [3.05, 3.63) is 94.4 Å². The van der Waals surface area contributed by atoms with Gasteiger partial charge in [-0.05, 0) is 79.9 Å². The number of thiocarbonyl (C=S) groups is 1. The van der Waals surface area contributed by atoms with Gasteiger partial charge < -0.3 is 44.5 Å². The molecule has 4 amide bonds. The SMILES string of the molecule is Cc1ncsc1-c1ccc(CNC(=O)[C@@H]2CC(O)CN2C(=O)C(NC(=O)COCCOCCOCCOc2ccc(N3C(=S)N(c4ccc(C#N)c(C(F)(F)F)c4)C(=O)C3(C)C)cc2F)C(C)(C)C)cc1. The minimum absolute atomic E-state index is 0.0388. The molecule has 380 valence electrons. The van der Waals surface area contributed by atoms with Gasteiger partial charge in [-0.3, -0.25) is 24.1 Å². The molecule has 2 aliphatic rings. The van der Waals surface area contributed by atoms with Gasteiger partial charge in [-0.25, -0.2) is 9.37 Å². The van der Waals surface area contributed by atoms with Crippen molar-refractivity contribution in [2.75, 3.05) is 62.6 Å². The van der Waals surface area contributed by atoms with Crippen molar-refractivity contribution in [1.82, 2.24) is 20.5 Å². The molecular formula is C49H55F4N7O9S2. The number of hydrogen-bond acceptors (Lipinski definition) is 13. The summed E-state index contributed by atoms with van der Waals surface area (Å²) >= 11 is 7.07. The van der Waals surface area contributed by atoms with Crippen LogP contribution in [0.2, 0.25) is 0 Å². The first-order valence-electron chi connectivity index (χ1n) is 22.5. The Balaban J connectivity index is 0.879. The summed E-state index contributed by atoms with van der Waals surface area (Å²) in [6.07, 6.45) is -5.72. The number of carbonyl (C=O) groups excluding carboxylic acids is 4. The molecule has 0 saturated carbocycles. The maximum Gasteiger partial charge on any atom is 0.417 e. The van der Waals surface area contributed by atoms with Crippen LogP contribution in [-0.2, 0) is 46.1 Å². The highest BCUT2D eigenvalue weighted by molar-refractivity contribution is 7.81. The van der Waals surface area contributed by atoms with Gasteiger partial charge >= 0.3 is 6.18 Å². The Labute approximate surface area is 417 Å². The van der Waals surface area contributed by atoms with Crippen molar-refractivity contribution < 1.29 is 60.8 Å². The second-order valence-corrected chi connectivity index (χ2v) is 19.6. The van der Waals surface area contributed by atoms with Crippen LogP contribution in [0.25, 0.3) is 10.4 Å². The molecule has 4 aromatic rings. The summed E-state index contributed by atoms with van der Waals surface area (Å²) in [6.45, 7) is 10.6. The van der Waals surface area contributed by atoms with Crippen LogP contribution in [0.4, 0.5) is 28.9 Å². The van der Waals surface area contributed by atoms with Crippen molar-refractivity contribution in [2.24, 2.45) is 5.41 Å². The highest BCUT2D eigenvalue weighted by atomic mass is 32.1. The van der Waals surface area contributed by atoms with E-state index in [9.17, 15) is 42.7 Å². The Morgan fingerprint density at radius 2 is 1.62 bits per heavy atom. The average molecular weight is 1030 g/mol. The molecule has 2 fully saturated rings. The zero-order chi connectivity index (χ0) is 51.8. The summed E-state index contributed by atoms with van der Waals surface area (Å²) in [5.74, 6) is -3.04. The largest absolute Gasteiger partial charge is 0.488 e. The van der Waals surface area contributed by atoms with Crippen LogP contribution in [0.3, 0.4) is 0 Å². The van der Waals surface area contributed by atoms with E-state index >= 15 is 4.39 Å². The Morgan fingerprint density at radius 1 is 0.972 bits per heavy atom. The molecule has 1 aromatic heterocycles. The van der Waals surface area contributed by atoms with Gasteiger partial charge in [0.05, 0.1) is 78.1 Å². The lowest BCUT2D eigenvalue weighted by atomic mass is 9.85. The molecular weight excluding hydrogens is 971 g/mol. The smallest absolute Gasteiger partial charge is 0.417 e. The maximum atomic E-state index is 15.3. The van der Waals surface area contributed by atoms with Gasteiger partial charge in [-0.15, -0.1) is 11.3 Å². The number of nitrogens with one attached hydrogen (secondary N) is 2. The Kier molecular flexibility index (Phi) is 17.6. The predicted octanol–water partition coefficient (Wildman–Crippen LogP) is 6.30. The normalized spacial score (nSPS) is 17.4. The second-order valence-electron chi connectivity index (χ2n) is 18.3. The van der Waals surface area contributed by atoms with E-state index in [1.807, 2.05) is 31.2 Å². The number of carbonyl (C=O) groups is 4. The van der Waals surface area contributed by atoms with Crippen molar-refractivity contribution in [2.45, 2.75) is 84.4 Å². The molecule has 0 bridgehead atoms. The predicted molar refractivity (Wildman–Crippen MR) is 259 cm³/mol. The molecule has 71 heavy (non-hydrogen) atoms. The quantitative estimate of drug-likeness (QED) is 0.0508. The Bertz CT molecular complexity index is 2640. The molecule has 2 saturated heterocycles. The highest BCUT2D eigenvalue weighted by Gasteiger charge is 2.51. The fourth-order valence-corrected chi connectivity index (χ4v) is 9.34. The van der Waals surface area contributed by atoms with E-state index < -0.39 is 75.9 Å². The summed E-state index contributed by atoms with van der Waals surface area (Å²) < 4.78 is 78.4. The van der Waals surface area contributed by atoms with Crippen LogP contribution in [0.5, 0.6) is 5.75 Å². The summed E-state index contributed by atoms with van der Waals surface area (Å²) in [5, 5.41) is 25.2. The lowest BCUT2D eigenvalue weighted by Gasteiger charge is -2.35. The van der Waals surface area contributed by atoms with Gasteiger partial charge in [0.25, 0.3) is 5.91 Å². The molecule has 3 N–H and O–H groups in total. The molecule has 6 rings (SSSR count). The number of alkyl halides is 3. The van der Waals surface area contributed by atoms with Crippen LogP contribution >= 0.6 is 23.6 Å². The fraction of sp³-hybridized carbons (Fsp3) is 0.449. The summed E-state index contributed by atoms with van der Waals surface area (Å²) in [7, 11) is 0. The summed E-state index contributed by atoms with van der Waals surface area (Å²) in [5.41, 5.74) is 0.555. The van der Waals surface area contributed by atoms with Gasteiger partial charge in [0.2, 0.25) is 17.7 Å². The number of aryl methyl sites for hydroxylation is 1. The number of ether oxygens (including phenoxy) is 4. The zero-order valence-corrected chi connectivity index (χ0v) is 41.6. The minimum Gasteiger partial charge on any atom is -0.488 e. The number of anilines is 2. The van der Waals surface area contributed by atoms with Crippen LogP contribution in [0.15, 0.2) is 66.2 Å². The first kappa shape index (κ1) is 54.2. The third-order valence-corrected chi connectivity index (χ3v) is 13.0. The van der Waals surface area contributed by atoms with Crippen molar-refractivity contribution in [3.8, 4) is 22.3 Å². The van der Waals surface area contributed by atoms with Crippen LogP contribution in [-0.4, -0.2) is 120 Å². The van der Waals surface area contributed by atoms with E-state index in [2.05, 4.69) is 15.6 Å². The van der Waals surface area contributed by atoms with Crippen LogP contribution in [0.1, 0.15) is 63.4 Å². The third kappa shape index (κ3) is 13.1. The number of aromatic nitrogens is 1. The molecule has 0 radical (unpaired) electrons. The molecule has 2 aliphatic heterocycles. The lowest BCUT2D eigenvalue weighted by molar-refractivity contribution is -0.144. The number of nitriles is 1. The number of nitrogens with zero attached hydrogens (tertiary/aromatic N) is 5. The minimum atomic E-state index is -4.86. The third-order valence-electron chi connectivity index (χ3n) is 11.7. The number of hydrogen-bond donors (Lipinski definition) is 3. The van der Waals surface area contributed by atoms with E-state index in [-0.39, 0.29) is 88.0 Å². The van der Waals surface area contributed by atoms with Crippen molar-refractivity contribution >= 4 is 63.7 Å². The molecule has 3 heterocycles. The van der Waals surface area contributed by atoms with Gasteiger partial charge in [0.15, 0.2) is 16.7 Å². The lowest BCUT2D eigenvalue weighted by Crippen LogP contribution is -2.58. The number of amides is 4. The first-order chi connectivity index (χ1) is 33.5. The first-order valence-corrected chi connectivity index (χ1v) is 23.8. The molecule has 3 atom stereocenters. The summed E-state index contributed by atoms with van der Waals surface area (Å²) in [6, 6.07) is 14.0. The number of thiazole rings is 1. The number of rotatable bonds is 20. The number of aliphatic hydroxyl groups is 1. The molecule has 0 aliphatic carbocycles. The topological polar surface area (TPSA) is 196 Å². The average Bonchev–Trinajstić information content (AvgIpc) is 3.98. The van der Waals surface area contributed by atoms with E-state index in [0.717, 1.165) is 38.7 Å². The van der Waals surface area contributed by atoms with Crippen molar-refractivity contribution in [1.29, 1.82) is 5.26 Å². The Morgan fingerprint density at radius 3 is 2.23 bits per heavy atom. The molecule has 0 spiro atoms. The molecule has 22 heteroatoms. The second kappa shape index (κ2) is 23.0. The van der Waals surface area contributed by atoms with E-state index in [4.69, 9.17) is 31.2 Å². The number of halogens is 4. The van der Waals surface area contributed by atoms with E-state index in [0.29, 0.717) is 6.07 Å². The summed E-state index contributed by atoms with van der Waals surface area (Å²) in [4.78, 5) is 62.7. The Hall–Kier alpha value is -6.09. The van der Waals surface area contributed by atoms with Gasteiger partial charge in [-0.2, -0.15) is 18.4 Å². The maximum absolute atomic E-state index is 15.3. The van der Waals surface area contributed by atoms with Gasteiger partial charge in [0.1, 0.15) is 30.8 Å². The molecule has 3 aromatic carbocycles. The van der Waals surface area contributed by atoms with E-state index in [1.165, 1.54) is 47.9 Å². The number of aliphatic hydroxyl groups excluding tert-OH is 1. The molecule has 2 unspecified atom stereocenters. The van der Waals surface area contributed by atoms with Gasteiger partial charge in [0, 0.05) is 31.3 Å². The number of β-amino-alcohol motifs (C(OH)–C–C–N with tert-alkyl or cyclic N) is 1. The number of benzene rings is 3. The fourth-order valence-electron chi connectivity index (χ4n) is 8.00. The number of likely N-dealkylation sites (tertiary alicyclic amines) is 1. The standard InChI is InChI=1S/C49H55F4N7O9S2/c1-29-41(71-28-56-29)31-9-7-30(8-10-31)25-55-43(63)38-23-35(61)26-58(38)44(64)42(47(2,3)4)57-40(62)27-68-18-17-66-15-16-67-19-20-69-39-14-13-34(22-37(39)50)60-46(70)59(45(65)48(60,5)6)33-12-11-32(24-54)36(21-33)49(51,52)53/h7-14,21-22,28,35,38,42,61H,15-20,23,25-27H2,1-6H3,(H,55,63)(H,57,62)/t35?,38-,42?/m0/s1. The highest BCUT2D eigenvalue weighted by Crippen LogP contribution is 2.40. The van der Waals surface area contributed by atoms with Crippen molar-refractivity contribution in [3.63, 3.8) is 0 Å².